The third-order valence-electron chi connectivity index (χ3n) is 5.59. The summed E-state index contributed by atoms with van der Waals surface area (Å²) in [7, 11) is 3.56. The number of piperidine rings is 1. The summed E-state index contributed by atoms with van der Waals surface area (Å²) in [4.78, 5) is 21.1. The molecule has 6 nitrogen and oxygen atoms in total. The molecule has 0 aromatic heterocycles. The van der Waals surface area contributed by atoms with E-state index in [1.807, 2.05) is 18.2 Å². The molecule has 1 unspecified atom stereocenters. The van der Waals surface area contributed by atoms with Crippen LogP contribution in [0, 0.1) is 5.92 Å². The van der Waals surface area contributed by atoms with Crippen molar-refractivity contribution in [2.24, 2.45) is 10.9 Å². The average molecular weight is 530 g/mol. The number of halogens is 1. The fourth-order valence-corrected chi connectivity index (χ4v) is 3.59. The van der Waals surface area contributed by atoms with Crippen LogP contribution in [0.4, 0.5) is 0 Å². The Bertz CT molecular complexity index is 671. The van der Waals surface area contributed by atoms with Crippen molar-refractivity contribution in [3.63, 3.8) is 0 Å². The van der Waals surface area contributed by atoms with Crippen molar-refractivity contribution in [2.75, 3.05) is 46.8 Å². The number of aliphatic imine (C=N–C) groups is 1. The standard InChI is InChI=1S/C23H39N5O.HI/c1-6-24-23(26-17-19(3)28-14-11-18(2)12-15-28)25-13-10-20-8-7-9-21(16-20)22(29)27(4)5;/h7-9,16,18-19H,6,10-15,17H2,1-5H3,(H2,24,25,26);1H. The number of nitrogens with one attached hydrogen (secondary N) is 2. The van der Waals surface area contributed by atoms with Gasteiger partial charge in [0.05, 0.1) is 6.54 Å². The van der Waals surface area contributed by atoms with Crippen LogP contribution in [-0.2, 0) is 6.42 Å². The molecule has 0 spiro atoms. The van der Waals surface area contributed by atoms with Crippen molar-refractivity contribution in [3.8, 4) is 0 Å². The van der Waals surface area contributed by atoms with Gasteiger partial charge in [-0.15, -0.1) is 24.0 Å². The summed E-state index contributed by atoms with van der Waals surface area (Å²) in [6.45, 7) is 11.5. The van der Waals surface area contributed by atoms with E-state index in [1.54, 1.807) is 19.0 Å². The molecule has 1 aliphatic heterocycles. The smallest absolute Gasteiger partial charge is 0.253 e. The van der Waals surface area contributed by atoms with Gasteiger partial charge in [-0.25, -0.2) is 0 Å². The fourth-order valence-electron chi connectivity index (χ4n) is 3.59. The van der Waals surface area contributed by atoms with E-state index >= 15 is 0 Å². The first-order valence-electron chi connectivity index (χ1n) is 11.0. The molecule has 1 aromatic rings. The molecule has 170 valence electrons. The van der Waals surface area contributed by atoms with E-state index in [0.29, 0.717) is 6.04 Å². The summed E-state index contributed by atoms with van der Waals surface area (Å²) in [6.07, 6.45) is 3.43. The molecule has 0 aliphatic carbocycles. The Morgan fingerprint density at radius 1 is 1.27 bits per heavy atom. The van der Waals surface area contributed by atoms with Crippen LogP contribution in [0.3, 0.4) is 0 Å². The molecule has 2 rings (SSSR count). The number of hydrogen-bond acceptors (Lipinski definition) is 3. The molecule has 0 saturated carbocycles. The fraction of sp³-hybridized carbons (Fsp3) is 0.652. The van der Waals surface area contributed by atoms with Crippen molar-refractivity contribution < 1.29 is 4.79 Å². The zero-order chi connectivity index (χ0) is 21.2. The Balaban J connectivity index is 0.00000450. The predicted molar refractivity (Wildman–Crippen MR) is 137 cm³/mol. The van der Waals surface area contributed by atoms with E-state index in [-0.39, 0.29) is 29.9 Å². The Labute approximate surface area is 199 Å². The molecule has 1 fully saturated rings. The van der Waals surface area contributed by atoms with Crippen molar-refractivity contribution in [1.82, 2.24) is 20.4 Å². The summed E-state index contributed by atoms with van der Waals surface area (Å²) in [6, 6.07) is 8.33. The molecule has 1 amide bonds. The predicted octanol–water partition coefficient (Wildman–Crippen LogP) is 3.22. The summed E-state index contributed by atoms with van der Waals surface area (Å²) >= 11 is 0. The SMILES string of the molecule is CCNC(=NCC(C)N1CCC(C)CC1)NCCc1cccc(C(=O)N(C)C)c1.I. The van der Waals surface area contributed by atoms with E-state index in [1.165, 1.54) is 25.9 Å². The summed E-state index contributed by atoms with van der Waals surface area (Å²) in [5, 5.41) is 6.77. The van der Waals surface area contributed by atoms with Crippen LogP contribution in [0.2, 0.25) is 0 Å². The second-order valence-corrected chi connectivity index (χ2v) is 8.36. The van der Waals surface area contributed by atoms with Gasteiger partial charge < -0.3 is 15.5 Å². The maximum atomic E-state index is 12.1. The third-order valence-corrected chi connectivity index (χ3v) is 5.59. The number of hydrogen-bond donors (Lipinski definition) is 2. The number of guanidine groups is 1. The van der Waals surface area contributed by atoms with E-state index < -0.39 is 0 Å². The van der Waals surface area contributed by atoms with Gasteiger partial charge in [-0.2, -0.15) is 0 Å². The second-order valence-electron chi connectivity index (χ2n) is 8.36. The molecule has 30 heavy (non-hydrogen) atoms. The number of amides is 1. The van der Waals surface area contributed by atoms with Gasteiger partial charge in [0.1, 0.15) is 0 Å². The minimum Gasteiger partial charge on any atom is -0.357 e. The second kappa shape index (κ2) is 13.9. The molecule has 0 radical (unpaired) electrons. The molecule has 1 aromatic carbocycles. The molecular weight excluding hydrogens is 489 g/mol. The lowest BCUT2D eigenvalue weighted by molar-refractivity contribution is 0.0827. The summed E-state index contributed by atoms with van der Waals surface area (Å²) in [5.41, 5.74) is 1.88. The van der Waals surface area contributed by atoms with Crippen LogP contribution in [0.1, 0.15) is 49.5 Å². The van der Waals surface area contributed by atoms with E-state index in [4.69, 9.17) is 4.99 Å². The first-order chi connectivity index (χ1) is 13.9. The molecule has 1 heterocycles. The lowest BCUT2D eigenvalue weighted by Gasteiger charge is -2.34. The van der Waals surface area contributed by atoms with Crippen LogP contribution >= 0.6 is 24.0 Å². The van der Waals surface area contributed by atoms with Crippen LogP contribution in [0.25, 0.3) is 0 Å². The average Bonchev–Trinajstić information content (AvgIpc) is 2.72. The summed E-state index contributed by atoms with van der Waals surface area (Å²) < 4.78 is 0. The minimum absolute atomic E-state index is 0. The van der Waals surface area contributed by atoms with Gasteiger partial charge in [-0.05, 0) is 69.8 Å². The number of benzene rings is 1. The first-order valence-corrected chi connectivity index (χ1v) is 11.0. The van der Waals surface area contributed by atoms with Gasteiger partial charge in [-0.3, -0.25) is 14.7 Å². The monoisotopic (exact) mass is 529 g/mol. The van der Waals surface area contributed by atoms with Crippen molar-refractivity contribution >= 4 is 35.8 Å². The quantitative estimate of drug-likeness (QED) is 0.309. The van der Waals surface area contributed by atoms with Crippen LogP contribution in [0.15, 0.2) is 29.3 Å². The maximum Gasteiger partial charge on any atom is 0.253 e. The van der Waals surface area contributed by atoms with Crippen molar-refractivity contribution in [2.45, 2.75) is 46.1 Å². The molecule has 1 atom stereocenters. The first kappa shape index (κ1) is 26.7. The number of likely N-dealkylation sites (tertiary alicyclic amines) is 1. The number of carbonyl (C=O) groups excluding carboxylic acids is 1. The normalized spacial score (nSPS) is 16.5. The van der Waals surface area contributed by atoms with Gasteiger partial charge in [-0.1, -0.05) is 19.1 Å². The van der Waals surface area contributed by atoms with E-state index in [2.05, 4.69) is 42.4 Å². The Morgan fingerprint density at radius 2 is 1.97 bits per heavy atom. The zero-order valence-electron chi connectivity index (χ0n) is 19.3. The topological polar surface area (TPSA) is 60.0 Å². The molecule has 0 bridgehead atoms. The van der Waals surface area contributed by atoms with Crippen LogP contribution in [0.5, 0.6) is 0 Å². The Hall–Kier alpha value is -1.35. The highest BCUT2D eigenvalue weighted by molar-refractivity contribution is 14.0. The van der Waals surface area contributed by atoms with E-state index in [9.17, 15) is 4.79 Å². The molecule has 7 heteroatoms. The van der Waals surface area contributed by atoms with Gasteiger partial charge in [0.2, 0.25) is 0 Å². The van der Waals surface area contributed by atoms with Crippen molar-refractivity contribution in [3.05, 3.63) is 35.4 Å². The number of rotatable bonds is 8. The number of carbonyl (C=O) groups is 1. The lowest BCUT2D eigenvalue weighted by Crippen LogP contribution is -2.43. The largest absolute Gasteiger partial charge is 0.357 e. The number of nitrogens with zero attached hydrogens (tertiary/aromatic N) is 3. The highest BCUT2D eigenvalue weighted by atomic mass is 127. The molecule has 1 saturated heterocycles. The maximum absolute atomic E-state index is 12.1. The van der Waals surface area contributed by atoms with Gasteiger partial charge in [0, 0.05) is 38.8 Å². The Kier molecular flexibility index (Phi) is 12.3. The van der Waals surface area contributed by atoms with Crippen LogP contribution in [-0.4, -0.2) is 74.5 Å². The summed E-state index contributed by atoms with van der Waals surface area (Å²) in [5.74, 6) is 1.76. The molecular formula is C23H40IN5O. The van der Waals surface area contributed by atoms with Crippen LogP contribution < -0.4 is 10.6 Å². The lowest BCUT2D eigenvalue weighted by atomic mass is 9.98. The minimum atomic E-state index is 0. The third kappa shape index (κ3) is 8.79. The molecule has 1 aliphatic rings. The highest BCUT2D eigenvalue weighted by Crippen LogP contribution is 2.18. The van der Waals surface area contributed by atoms with Gasteiger partial charge in [0.25, 0.3) is 5.91 Å². The van der Waals surface area contributed by atoms with Gasteiger partial charge >= 0.3 is 0 Å². The van der Waals surface area contributed by atoms with Crippen molar-refractivity contribution in [1.29, 1.82) is 0 Å². The molecule has 2 N–H and O–H groups in total. The van der Waals surface area contributed by atoms with E-state index in [0.717, 1.165) is 49.1 Å². The zero-order valence-corrected chi connectivity index (χ0v) is 21.6. The van der Waals surface area contributed by atoms with Gasteiger partial charge in [0.15, 0.2) is 5.96 Å². The highest BCUT2D eigenvalue weighted by Gasteiger charge is 2.20. The Morgan fingerprint density at radius 3 is 2.60 bits per heavy atom.